The molecule has 4 rings (SSSR count). The Bertz CT molecular complexity index is 897. The fourth-order valence-corrected chi connectivity index (χ4v) is 3.69. The van der Waals surface area contributed by atoms with E-state index < -0.39 is 0 Å². The minimum absolute atomic E-state index is 0.508. The summed E-state index contributed by atoms with van der Waals surface area (Å²) in [6, 6.07) is 10.4. The van der Waals surface area contributed by atoms with E-state index in [9.17, 15) is 0 Å². The van der Waals surface area contributed by atoms with Crippen molar-refractivity contribution in [2.75, 3.05) is 17.2 Å². The van der Waals surface area contributed by atoms with E-state index in [1.165, 1.54) is 32.1 Å². The number of anilines is 3. The number of hydrogen-bond acceptors (Lipinski definition) is 5. The summed E-state index contributed by atoms with van der Waals surface area (Å²) in [4.78, 5) is 4.80. The van der Waals surface area contributed by atoms with Crippen molar-refractivity contribution in [1.82, 2.24) is 14.6 Å². The van der Waals surface area contributed by atoms with Gasteiger partial charge >= 0.3 is 0 Å². The van der Waals surface area contributed by atoms with Crippen molar-refractivity contribution < 1.29 is 4.74 Å². The van der Waals surface area contributed by atoms with Gasteiger partial charge in [0.1, 0.15) is 17.4 Å². The number of rotatable bonds is 6. The number of nitrogens with one attached hydrogen (secondary N) is 2. The zero-order chi connectivity index (χ0) is 18.6. The highest BCUT2D eigenvalue weighted by molar-refractivity contribution is 5.69. The van der Waals surface area contributed by atoms with Crippen molar-refractivity contribution in [3.63, 3.8) is 0 Å². The lowest BCUT2D eigenvalue weighted by atomic mass is 9.95. The van der Waals surface area contributed by atoms with Crippen LogP contribution in [0.1, 0.15) is 44.6 Å². The number of aromatic nitrogens is 3. The van der Waals surface area contributed by atoms with Crippen LogP contribution in [0, 0.1) is 6.92 Å². The minimum Gasteiger partial charge on any atom is -0.494 e. The van der Waals surface area contributed by atoms with Gasteiger partial charge in [-0.2, -0.15) is 9.61 Å². The molecule has 2 aromatic heterocycles. The third-order valence-corrected chi connectivity index (χ3v) is 5.15. The fourth-order valence-electron chi connectivity index (χ4n) is 3.69. The molecule has 27 heavy (non-hydrogen) atoms. The molecule has 0 aliphatic heterocycles. The van der Waals surface area contributed by atoms with Crippen LogP contribution in [-0.2, 0) is 0 Å². The molecule has 2 N–H and O–H groups in total. The molecule has 0 unspecified atom stereocenters. The van der Waals surface area contributed by atoms with Gasteiger partial charge in [0.25, 0.3) is 0 Å². The second kappa shape index (κ2) is 7.86. The van der Waals surface area contributed by atoms with Crippen LogP contribution < -0.4 is 15.4 Å². The van der Waals surface area contributed by atoms with Crippen molar-refractivity contribution in [2.24, 2.45) is 0 Å². The monoisotopic (exact) mass is 365 g/mol. The molecule has 0 saturated heterocycles. The van der Waals surface area contributed by atoms with E-state index in [0.717, 1.165) is 34.3 Å². The number of ether oxygens (including phenoxy) is 1. The maximum absolute atomic E-state index is 5.53. The average molecular weight is 365 g/mol. The van der Waals surface area contributed by atoms with Gasteiger partial charge in [-0.25, -0.2) is 4.98 Å². The summed E-state index contributed by atoms with van der Waals surface area (Å²) >= 11 is 0. The summed E-state index contributed by atoms with van der Waals surface area (Å²) in [6.07, 6.45) is 8.15. The lowest BCUT2D eigenvalue weighted by Gasteiger charge is -2.25. The molecule has 1 aliphatic carbocycles. The molecule has 1 saturated carbocycles. The van der Waals surface area contributed by atoms with Crippen LogP contribution in [-0.4, -0.2) is 27.2 Å². The predicted octanol–water partition coefficient (Wildman–Crippen LogP) is 4.92. The third-order valence-electron chi connectivity index (χ3n) is 5.15. The van der Waals surface area contributed by atoms with E-state index >= 15 is 0 Å². The predicted molar refractivity (Wildman–Crippen MR) is 109 cm³/mol. The van der Waals surface area contributed by atoms with Gasteiger partial charge in [0.15, 0.2) is 5.65 Å². The molecule has 0 atom stereocenters. The van der Waals surface area contributed by atoms with Crippen LogP contribution in [0.5, 0.6) is 5.75 Å². The smallest absolute Gasteiger partial charge is 0.159 e. The molecule has 6 nitrogen and oxygen atoms in total. The SMILES string of the molecule is CCOc1ccc(Nc2c(C)c(NC3CCCCC3)nc3ccnn23)cc1. The van der Waals surface area contributed by atoms with Gasteiger partial charge in [-0.05, 0) is 51.0 Å². The summed E-state index contributed by atoms with van der Waals surface area (Å²) in [5.74, 6) is 2.76. The average Bonchev–Trinajstić information content (AvgIpc) is 3.16. The quantitative estimate of drug-likeness (QED) is 0.649. The highest BCUT2D eigenvalue weighted by atomic mass is 16.5. The van der Waals surface area contributed by atoms with Crippen LogP contribution in [0.15, 0.2) is 36.5 Å². The van der Waals surface area contributed by atoms with Crippen molar-refractivity contribution in [3.8, 4) is 5.75 Å². The van der Waals surface area contributed by atoms with Gasteiger partial charge in [0, 0.05) is 23.4 Å². The Balaban J connectivity index is 1.64. The van der Waals surface area contributed by atoms with Crippen molar-refractivity contribution in [2.45, 2.75) is 52.0 Å². The van der Waals surface area contributed by atoms with E-state index in [0.29, 0.717) is 12.6 Å². The summed E-state index contributed by atoms with van der Waals surface area (Å²) < 4.78 is 7.39. The van der Waals surface area contributed by atoms with Crippen molar-refractivity contribution in [1.29, 1.82) is 0 Å². The minimum atomic E-state index is 0.508. The second-order valence-electron chi connectivity index (χ2n) is 7.10. The van der Waals surface area contributed by atoms with Gasteiger partial charge < -0.3 is 15.4 Å². The molecule has 0 amide bonds. The molecule has 1 aliphatic rings. The van der Waals surface area contributed by atoms with E-state index in [1.54, 1.807) is 6.20 Å². The molecule has 142 valence electrons. The Hall–Kier alpha value is -2.76. The highest BCUT2D eigenvalue weighted by Crippen LogP contribution is 2.29. The molecule has 6 heteroatoms. The van der Waals surface area contributed by atoms with Crippen LogP contribution in [0.3, 0.4) is 0 Å². The molecular formula is C21H27N5O. The van der Waals surface area contributed by atoms with Gasteiger partial charge in [-0.15, -0.1) is 0 Å². The van der Waals surface area contributed by atoms with Gasteiger partial charge in [0.2, 0.25) is 0 Å². The highest BCUT2D eigenvalue weighted by Gasteiger charge is 2.18. The van der Waals surface area contributed by atoms with Crippen molar-refractivity contribution in [3.05, 3.63) is 42.1 Å². The Morgan fingerprint density at radius 1 is 1.11 bits per heavy atom. The zero-order valence-corrected chi connectivity index (χ0v) is 16.0. The van der Waals surface area contributed by atoms with Crippen LogP contribution in [0.25, 0.3) is 5.65 Å². The first-order chi connectivity index (χ1) is 13.2. The third kappa shape index (κ3) is 3.84. The molecular weight excluding hydrogens is 338 g/mol. The van der Waals surface area contributed by atoms with Gasteiger partial charge in [-0.1, -0.05) is 19.3 Å². The summed E-state index contributed by atoms with van der Waals surface area (Å²) in [5, 5.41) is 11.6. The first-order valence-electron chi connectivity index (χ1n) is 9.85. The fraction of sp³-hybridized carbons (Fsp3) is 0.429. The Labute approximate surface area is 160 Å². The Kier molecular flexibility index (Phi) is 5.14. The van der Waals surface area contributed by atoms with E-state index in [1.807, 2.05) is 41.8 Å². The normalized spacial score (nSPS) is 15.0. The Morgan fingerprint density at radius 2 is 1.89 bits per heavy atom. The lowest BCUT2D eigenvalue weighted by molar-refractivity contribution is 0.340. The topological polar surface area (TPSA) is 63.5 Å². The first kappa shape index (κ1) is 17.6. The lowest BCUT2D eigenvalue weighted by Crippen LogP contribution is -2.24. The summed E-state index contributed by atoms with van der Waals surface area (Å²) in [7, 11) is 0. The Morgan fingerprint density at radius 3 is 2.63 bits per heavy atom. The number of benzene rings is 1. The molecule has 1 aromatic carbocycles. The first-order valence-corrected chi connectivity index (χ1v) is 9.85. The maximum atomic E-state index is 5.53. The van der Waals surface area contributed by atoms with E-state index in [-0.39, 0.29) is 0 Å². The van der Waals surface area contributed by atoms with Crippen molar-refractivity contribution >= 4 is 23.0 Å². The van der Waals surface area contributed by atoms with Gasteiger partial charge in [-0.3, -0.25) is 0 Å². The molecule has 0 radical (unpaired) electrons. The van der Waals surface area contributed by atoms with E-state index in [2.05, 4.69) is 22.7 Å². The summed E-state index contributed by atoms with van der Waals surface area (Å²) in [6.45, 7) is 4.75. The molecule has 2 heterocycles. The molecule has 0 bridgehead atoms. The maximum Gasteiger partial charge on any atom is 0.159 e. The zero-order valence-electron chi connectivity index (χ0n) is 16.0. The van der Waals surface area contributed by atoms with Crippen LogP contribution >= 0.6 is 0 Å². The standard InChI is InChI=1S/C21H27N5O/c1-3-27-18-11-9-17(10-12-18)24-21-15(2)20(23-16-7-5-4-6-8-16)25-19-13-14-22-26(19)21/h9-14,16,24H,3-8H2,1-2H3,(H,23,25). The van der Waals surface area contributed by atoms with Crippen LogP contribution in [0.4, 0.5) is 17.3 Å². The molecule has 1 fully saturated rings. The number of hydrogen-bond donors (Lipinski definition) is 2. The van der Waals surface area contributed by atoms with Gasteiger partial charge in [0.05, 0.1) is 12.8 Å². The number of fused-ring (bicyclic) bond motifs is 1. The largest absolute Gasteiger partial charge is 0.494 e. The van der Waals surface area contributed by atoms with E-state index in [4.69, 9.17) is 9.72 Å². The second-order valence-corrected chi connectivity index (χ2v) is 7.10. The molecule has 0 spiro atoms. The number of nitrogens with zero attached hydrogens (tertiary/aromatic N) is 3. The van der Waals surface area contributed by atoms with Crippen LogP contribution in [0.2, 0.25) is 0 Å². The molecule has 3 aromatic rings. The summed E-state index contributed by atoms with van der Waals surface area (Å²) in [5.41, 5.74) is 2.91.